The zero-order chi connectivity index (χ0) is 18.7. The molecule has 136 valence electrons. The van der Waals surface area contributed by atoms with E-state index in [9.17, 15) is 0 Å². The maximum Gasteiger partial charge on any atom is 0.193 e. The normalized spacial score (nSPS) is 21.4. The first-order valence-electron chi connectivity index (χ1n) is 9.12. The number of halogens is 1. The quantitative estimate of drug-likeness (QED) is 0.535. The smallest absolute Gasteiger partial charge is 0.193 e. The zero-order valence-corrected chi connectivity index (χ0v) is 17.7. The Bertz CT molecular complexity index is 895. The van der Waals surface area contributed by atoms with Crippen LogP contribution in [-0.2, 0) is 4.43 Å². The highest BCUT2D eigenvalue weighted by Crippen LogP contribution is 2.51. The fourth-order valence-electron chi connectivity index (χ4n) is 3.42. The van der Waals surface area contributed by atoms with Gasteiger partial charge < -0.3 is 9.16 Å². The minimum absolute atomic E-state index is 0.0988. The molecule has 0 fully saturated rings. The van der Waals surface area contributed by atoms with Crippen LogP contribution < -0.4 is 4.74 Å². The van der Waals surface area contributed by atoms with Gasteiger partial charge in [-0.1, -0.05) is 56.6 Å². The molecule has 4 heteroatoms. The molecule has 0 bridgehead atoms. The van der Waals surface area contributed by atoms with Crippen molar-refractivity contribution in [3.05, 3.63) is 64.2 Å². The van der Waals surface area contributed by atoms with Crippen LogP contribution in [0.1, 0.15) is 43.6 Å². The summed E-state index contributed by atoms with van der Waals surface area (Å²) in [6.07, 6.45) is 2.01. The van der Waals surface area contributed by atoms with Crippen LogP contribution in [-0.4, -0.2) is 14.4 Å². The van der Waals surface area contributed by atoms with Gasteiger partial charge in [-0.25, -0.2) is 0 Å². The van der Waals surface area contributed by atoms with Gasteiger partial charge in [-0.2, -0.15) is 0 Å². The summed E-state index contributed by atoms with van der Waals surface area (Å²) >= 11 is 6.25. The Balaban J connectivity index is 1.82. The second-order valence-electron chi connectivity index (χ2n) is 8.71. The highest BCUT2D eigenvalue weighted by atomic mass is 35.5. The fraction of sp³-hybridized carbons (Fsp3) is 0.364. The molecular formula is C22H25ClO2Si. The molecule has 4 rings (SSSR count). The maximum absolute atomic E-state index is 6.89. The first-order chi connectivity index (χ1) is 12.2. The summed E-state index contributed by atoms with van der Waals surface area (Å²) in [5.41, 5.74) is 4.68. The van der Waals surface area contributed by atoms with E-state index in [1.807, 2.05) is 18.2 Å². The molecule has 2 aromatic rings. The summed E-state index contributed by atoms with van der Waals surface area (Å²) in [5, 5.41) is 0.868. The van der Waals surface area contributed by atoms with E-state index in [-0.39, 0.29) is 17.2 Å². The molecule has 1 heterocycles. The Labute approximate surface area is 161 Å². The van der Waals surface area contributed by atoms with Gasteiger partial charge in [0.1, 0.15) is 11.9 Å². The zero-order valence-electron chi connectivity index (χ0n) is 16.0. The monoisotopic (exact) mass is 384 g/mol. The molecule has 2 nitrogen and oxygen atoms in total. The number of benzene rings is 2. The van der Waals surface area contributed by atoms with Crippen LogP contribution in [0.3, 0.4) is 0 Å². The van der Waals surface area contributed by atoms with Crippen LogP contribution in [0.5, 0.6) is 5.75 Å². The Morgan fingerprint density at radius 1 is 1.08 bits per heavy atom. The predicted molar refractivity (Wildman–Crippen MR) is 111 cm³/mol. The van der Waals surface area contributed by atoms with Crippen molar-refractivity contribution in [1.29, 1.82) is 0 Å². The lowest BCUT2D eigenvalue weighted by atomic mass is 9.86. The second-order valence-corrected chi connectivity index (χ2v) is 13.9. The van der Waals surface area contributed by atoms with Crippen molar-refractivity contribution in [1.82, 2.24) is 0 Å². The molecule has 0 radical (unpaired) electrons. The van der Waals surface area contributed by atoms with Crippen molar-refractivity contribution in [3.8, 4) is 5.75 Å². The number of ether oxygens (including phenoxy) is 1. The second kappa shape index (κ2) is 5.98. The average molecular weight is 385 g/mol. The van der Waals surface area contributed by atoms with Gasteiger partial charge in [0.2, 0.25) is 0 Å². The third-order valence-corrected chi connectivity index (χ3v) is 10.6. The van der Waals surface area contributed by atoms with Crippen molar-refractivity contribution < 1.29 is 9.16 Å². The summed E-state index contributed by atoms with van der Waals surface area (Å²) in [6.45, 7) is 11.4. The molecule has 2 atom stereocenters. The molecule has 2 aromatic carbocycles. The number of fused-ring (bicyclic) bond motifs is 4. The van der Waals surface area contributed by atoms with E-state index in [0.29, 0.717) is 0 Å². The maximum atomic E-state index is 6.89. The fourth-order valence-corrected chi connectivity index (χ4v) is 4.83. The molecule has 2 aliphatic rings. The van der Waals surface area contributed by atoms with Crippen LogP contribution in [0.4, 0.5) is 0 Å². The number of hydrogen-bond acceptors (Lipinski definition) is 2. The molecular weight excluding hydrogens is 360 g/mol. The Hall–Kier alpha value is -1.55. The lowest BCUT2D eigenvalue weighted by Crippen LogP contribution is -2.45. The SMILES string of the molecule is CC(C)(C)[Si](C)(C)O[C@@H]1c2ccccc2C=C2c3cc(Cl)ccc3O[C@H]21. The van der Waals surface area contributed by atoms with Gasteiger partial charge in [0.05, 0.1) is 0 Å². The van der Waals surface area contributed by atoms with E-state index in [2.05, 4.69) is 64.2 Å². The largest absolute Gasteiger partial charge is 0.482 e. The van der Waals surface area contributed by atoms with Gasteiger partial charge in [0, 0.05) is 16.2 Å². The summed E-state index contributed by atoms with van der Waals surface area (Å²) in [4.78, 5) is 0. The van der Waals surface area contributed by atoms with Gasteiger partial charge >= 0.3 is 0 Å². The Morgan fingerprint density at radius 2 is 1.81 bits per heavy atom. The van der Waals surface area contributed by atoms with Gasteiger partial charge in [-0.05, 0) is 53.5 Å². The predicted octanol–water partition coefficient (Wildman–Crippen LogP) is 6.72. The van der Waals surface area contributed by atoms with Crippen LogP contribution >= 0.6 is 11.6 Å². The van der Waals surface area contributed by atoms with Crippen molar-refractivity contribution >= 4 is 31.6 Å². The lowest BCUT2D eigenvalue weighted by molar-refractivity contribution is 0.0835. The van der Waals surface area contributed by atoms with E-state index in [0.717, 1.165) is 16.3 Å². The van der Waals surface area contributed by atoms with Crippen LogP contribution in [0.15, 0.2) is 42.5 Å². The summed E-state index contributed by atoms with van der Waals surface area (Å²) in [7, 11) is -1.97. The van der Waals surface area contributed by atoms with Crippen molar-refractivity contribution in [3.63, 3.8) is 0 Å². The lowest BCUT2D eigenvalue weighted by Gasteiger charge is -2.42. The molecule has 0 unspecified atom stereocenters. The summed E-state index contributed by atoms with van der Waals surface area (Å²) in [6, 6.07) is 14.3. The summed E-state index contributed by atoms with van der Waals surface area (Å²) < 4.78 is 13.2. The number of rotatable bonds is 2. The van der Waals surface area contributed by atoms with Crippen LogP contribution in [0.2, 0.25) is 23.2 Å². The minimum atomic E-state index is -1.97. The van der Waals surface area contributed by atoms with Gasteiger partial charge in [-0.15, -0.1) is 0 Å². The molecule has 0 amide bonds. The van der Waals surface area contributed by atoms with E-state index < -0.39 is 8.32 Å². The molecule has 0 aromatic heterocycles. The highest BCUT2D eigenvalue weighted by Gasteiger charge is 2.46. The first kappa shape index (κ1) is 17.8. The molecule has 0 saturated heterocycles. The van der Waals surface area contributed by atoms with E-state index in [4.69, 9.17) is 20.8 Å². The van der Waals surface area contributed by atoms with E-state index in [1.165, 1.54) is 16.7 Å². The van der Waals surface area contributed by atoms with Gasteiger partial charge in [-0.3, -0.25) is 0 Å². The Morgan fingerprint density at radius 3 is 2.54 bits per heavy atom. The van der Waals surface area contributed by atoms with E-state index in [1.54, 1.807) is 0 Å². The third-order valence-electron chi connectivity index (χ3n) is 5.93. The van der Waals surface area contributed by atoms with Crippen molar-refractivity contribution in [2.75, 3.05) is 0 Å². The molecule has 0 N–H and O–H groups in total. The van der Waals surface area contributed by atoms with Crippen LogP contribution in [0, 0.1) is 0 Å². The summed E-state index contributed by atoms with van der Waals surface area (Å²) in [5.74, 6) is 0.891. The molecule has 0 spiro atoms. The molecule has 26 heavy (non-hydrogen) atoms. The average Bonchev–Trinajstić information content (AvgIpc) is 2.91. The topological polar surface area (TPSA) is 18.5 Å². The molecule has 1 aliphatic heterocycles. The highest BCUT2D eigenvalue weighted by molar-refractivity contribution is 6.74. The first-order valence-corrected chi connectivity index (χ1v) is 12.4. The van der Waals surface area contributed by atoms with Gasteiger partial charge in [0.25, 0.3) is 0 Å². The van der Waals surface area contributed by atoms with Crippen molar-refractivity contribution in [2.45, 2.75) is 51.1 Å². The number of hydrogen-bond donors (Lipinski definition) is 0. The van der Waals surface area contributed by atoms with Crippen LogP contribution in [0.25, 0.3) is 11.6 Å². The molecule has 1 aliphatic carbocycles. The van der Waals surface area contributed by atoms with E-state index >= 15 is 0 Å². The van der Waals surface area contributed by atoms with Crippen molar-refractivity contribution in [2.24, 2.45) is 0 Å². The minimum Gasteiger partial charge on any atom is -0.482 e. The van der Waals surface area contributed by atoms with Gasteiger partial charge in [0.15, 0.2) is 14.4 Å². The third kappa shape index (κ3) is 2.83. The Kier molecular flexibility index (Phi) is 4.10. The molecule has 0 saturated carbocycles. The standard InChI is InChI=1S/C22H25ClO2Si/c1-22(2,3)26(4,5)25-21-16-9-7-6-8-14(16)12-18-17-13-15(23)10-11-19(17)24-20(18)21/h6-13,20-21H,1-5H3/t20-,21-/m1/s1.